The topological polar surface area (TPSA) is 57.8 Å². The summed E-state index contributed by atoms with van der Waals surface area (Å²) in [4.78, 5) is 20.3. The first-order valence-corrected chi connectivity index (χ1v) is 9.03. The minimum Gasteiger partial charge on any atom is -0.497 e. The Balaban J connectivity index is 1.43. The highest BCUT2D eigenvalue weighted by atomic mass is 16.5. The lowest BCUT2D eigenvalue weighted by Crippen LogP contribution is -2.48. The minimum absolute atomic E-state index is 0.0412. The molecule has 1 fully saturated rings. The van der Waals surface area contributed by atoms with Gasteiger partial charge in [0.25, 0.3) is 5.91 Å². The molecule has 2 aromatic carbocycles. The maximum atomic E-state index is 12.9. The summed E-state index contributed by atoms with van der Waals surface area (Å²) in [7, 11) is 3.31. The lowest BCUT2D eigenvalue weighted by Gasteiger charge is -2.36. The number of ether oxygens (including phenoxy) is 2. The molecule has 1 aliphatic heterocycles. The predicted molar refractivity (Wildman–Crippen MR) is 106 cm³/mol. The van der Waals surface area contributed by atoms with Crippen molar-refractivity contribution in [2.24, 2.45) is 0 Å². The van der Waals surface area contributed by atoms with Gasteiger partial charge in [0.2, 0.25) is 0 Å². The van der Waals surface area contributed by atoms with Crippen molar-refractivity contribution in [3.05, 3.63) is 54.2 Å². The molecule has 1 aliphatic rings. The maximum absolute atomic E-state index is 12.9. The number of aromatic nitrogens is 1. The molecule has 0 spiro atoms. The number of hydrogen-bond acceptors (Lipinski definition) is 4. The molecule has 0 atom stereocenters. The van der Waals surface area contributed by atoms with Crippen molar-refractivity contribution in [2.75, 3.05) is 45.3 Å². The van der Waals surface area contributed by atoms with Crippen LogP contribution in [0.1, 0.15) is 10.5 Å². The van der Waals surface area contributed by atoms with Gasteiger partial charge in [-0.25, -0.2) is 0 Å². The quantitative estimate of drug-likeness (QED) is 0.772. The van der Waals surface area contributed by atoms with Gasteiger partial charge in [-0.1, -0.05) is 0 Å². The normalized spacial score (nSPS) is 14.4. The first-order chi connectivity index (χ1) is 13.2. The summed E-state index contributed by atoms with van der Waals surface area (Å²) in [6.07, 6.45) is 0. The number of aromatic amines is 1. The van der Waals surface area contributed by atoms with Crippen LogP contribution in [-0.4, -0.2) is 56.2 Å². The van der Waals surface area contributed by atoms with Gasteiger partial charge in [-0.3, -0.25) is 4.79 Å². The Morgan fingerprint density at radius 1 is 0.889 bits per heavy atom. The average Bonchev–Trinajstić information content (AvgIpc) is 3.16. The van der Waals surface area contributed by atoms with Crippen LogP contribution >= 0.6 is 0 Å². The molecule has 6 nitrogen and oxygen atoms in total. The predicted octanol–water partition coefficient (Wildman–Crippen LogP) is 3.15. The number of fused-ring (bicyclic) bond motifs is 1. The van der Waals surface area contributed by atoms with E-state index < -0.39 is 0 Å². The summed E-state index contributed by atoms with van der Waals surface area (Å²) >= 11 is 0. The van der Waals surface area contributed by atoms with E-state index in [1.807, 2.05) is 41.3 Å². The summed E-state index contributed by atoms with van der Waals surface area (Å²) in [6.45, 7) is 3.02. The van der Waals surface area contributed by atoms with Gasteiger partial charge in [0.15, 0.2) is 0 Å². The molecule has 1 N–H and O–H groups in total. The lowest BCUT2D eigenvalue weighted by molar-refractivity contribution is 0.0742. The Hall–Kier alpha value is -3.15. The number of nitrogens with zero attached hydrogens (tertiary/aromatic N) is 2. The van der Waals surface area contributed by atoms with Crippen LogP contribution in [0.15, 0.2) is 48.5 Å². The first kappa shape index (κ1) is 17.3. The van der Waals surface area contributed by atoms with Crippen molar-refractivity contribution >= 4 is 22.5 Å². The highest BCUT2D eigenvalue weighted by molar-refractivity contribution is 5.98. The van der Waals surface area contributed by atoms with Gasteiger partial charge >= 0.3 is 0 Å². The summed E-state index contributed by atoms with van der Waals surface area (Å²) < 4.78 is 10.5. The third-order valence-electron chi connectivity index (χ3n) is 5.06. The highest BCUT2D eigenvalue weighted by Gasteiger charge is 2.23. The first-order valence-electron chi connectivity index (χ1n) is 9.03. The van der Waals surface area contributed by atoms with Crippen LogP contribution in [0, 0.1) is 0 Å². The molecule has 140 valence electrons. The van der Waals surface area contributed by atoms with Gasteiger partial charge in [0, 0.05) is 42.8 Å². The number of anilines is 1. The molecule has 3 aromatic rings. The fourth-order valence-corrected chi connectivity index (χ4v) is 3.48. The van der Waals surface area contributed by atoms with Crippen LogP contribution in [0.3, 0.4) is 0 Å². The molecule has 1 saturated heterocycles. The number of hydrogen-bond donors (Lipinski definition) is 1. The number of rotatable bonds is 4. The molecule has 1 aromatic heterocycles. The van der Waals surface area contributed by atoms with Crippen molar-refractivity contribution in [3.63, 3.8) is 0 Å². The smallest absolute Gasteiger partial charge is 0.270 e. The number of carbonyl (C=O) groups excluding carboxylic acids is 1. The van der Waals surface area contributed by atoms with E-state index in [-0.39, 0.29) is 5.91 Å². The summed E-state index contributed by atoms with van der Waals surface area (Å²) in [5, 5.41) is 0.981. The Bertz CT molecular complexity index is 941. The molecule has 0 bridgehead atoms. The number of nitrogens with one attached hydrogen (secondary N) is 1. The third kappa shape index (κ3) is 3.43. The molecule has 0 aliphatic carbocycles. The fourth-order valence-electron chi connectivity index (χ4n) is 3.48. The average molecular weight is 365 g/mol. The standard InChI is InChI=1S/C21H23N3O3/c1-26-17-5-3-16(4-6-17)23-9-11-24(12-10-23)21(25)20-14-15-13-18(27-2)7-8-19(15)22-20/h3-8,13-14,22H,9-12H2,1-2H3. The van der Waals surface area contributed by atoms with Crippen LogP contribution < -0.4 is 14.4 Å². The lowest BCUT2D eigenvalue weighted by atomic mass is 10.2. The highest BCUT2D eigenvalue weighted by Crippen LogP contribution is 2.24. The van der Waals surface area contributed by atoms with Crippen molar-refractivity contribution in [3.8, 4) is 11.5 Å². The maximum Gasteiger partial charge on any atom is 0.270 e. The van der Waals surface area contributed by atoms with E-state index in [2.05, 4.69) is 22.0 Å². The fraction of sp³-hybridized carbons (Fsp3) is 0.286. The van der Waals surface area contributed by atoms with Crippen molar-refractivity contribution in [2.45, 2.75) is 0 Å². The van der Waals surface area contributed by atoms with Gasteiger partial charge < -0.3 is 24.3 Å². The van der Waals surface area contributed by atoms with Crippen LogP contribution in [-0.2, 0) is 0 Å². The Morgan fingerprint density at radius 3 is 2.22 bits per heavy atom. The van der Waals surface area contributed by atoms with E-state index in [1.165, 1.54) is 0 Å². The van der Waals surface area contributed by atoms with E-state index in [0.29, 0.717) is 18.8 Å². The largest absolute Gasteiger partial charge is 0.497 e. The molecule has 4 rings (SSSR count). The molecule has 0 saturated carbocycles. The second-order valence-corrected chi connectivity index (χ2v) is 6.61. The molecule has 1 amide bonds. The molecule has 0 radical (unpaired) electrons. The zero-order chi connectivity index (χ0) is 18.8. The van der Waals surface area contributed by atoms with Crippen LogP contribution in [0.4, 0.5) is 5.69 Å². The molecular formula is C21H23N3O3. The second kappa shape index (κ2) is 7.23. The minimum atomic E-state index is 0.0412. The Kier molecular flexibility index (Phi) is 4.62. The SMILES string of the molecule is COc1ccc(N2CCN(C(=O)c3cc4cc(OC)ccc4[nH]3)CC2)cc1. The number of benzene rings is 2. The second-order valence-electron chi connectivity index (χ2n) is 6.61. The number of piperazine rings is 1. The van der Waals surface area contributed by atoms with Gasteiger partial charge in [-0.2, -0.15) is 0 Å². The summed E-state index contributed by atoms with van der Waals surface area (Å²) in [6, 6.07) is 15.7. The zero-order valence-electron chi connectivity index (χ0n) is 15.6. The number of amides is 1. The third-order valence-corrected chi connectivity index (χ3v) is 5.06. The van der Waals surface area contributed by atoms with Crippen LogP contribution in [0.25, 0.3) is 10.9 Å². The molecule has 0 unspecified atom stereocenters. The van der Waals surface area contributed by atoms with E-state index in [4.69, 9.17) is 9.47 Å². The van der Waals surface area contributed by atoms with Gasteiger partial charge in [0.05, 0.1) is 14.2 Å². The van der Waals surface area contributed by atoms with E-state index >= 15 is 0 Å². The zero-order valence-corrected chi connectivity index (χ0v) is 15.6. The number of methoxy groups -OCH3 is 2. The molecular weight excluding hydrogens is 342 g/mol. The summed E-state index contributed by atoms with van der Waals surface area (Å²) in [5.74, 6) is 1.68. The Labute approximate surface area is 158 Å². The Morgan fingerprint density at radius 2 is 1.56 bits per heavy atom. The van der Waals surface area contributed by atoms with E-state index in [9.17, 15) is 4.79 Å². The van der Waals surface area contributed by atoms with Crippen molar-refractivity contribution < 1.29 is 14.3 Å². The molecule has 6 heteroatoms. The van der Waals surface area contributed by atoms with Crippen molar-refractivity contribution in [1.82, 2.24) is 9.88 Å². The molecule has 2 heterocycles. The van der Waals surface area contributed by atoms with Gasteiger partial charge in [-0.15, -0.1) is 0 Å². The van der Waals surface area contributed by atoms with E-state index in [1.54, 1.807) is 14.2 Å². The summed E-state index contributed by atoms with van der Waals surface area (Å²) in [5.41, 5.74) is 2.72. The number of carbonyl (C=O) groups is 1. The monoisotopic (exact) mass is 365 g/mol. The van der Waals surface area contributed by atoms with Gasteiger partial charge in [0.1, 0.15) is 17.2 Å². The number of H-pyrrole nitrogens is 1. The molecule has 27 heavy (non-hydrogen) atoms. The van der Waals surface area contributed by atoms with Crippen molar-refractivity contribution in [1.29, 1.82) is 0 Å². The van der Waals surface area contributed by atoms with Crippen LogP contribution in [0.2, 0.25) is 0 Å². The van der Waals surface area contributed by atoms with E-state index in [0.717, 1.165) is 41.2 Å². The van der Waals surface area contributed by atoms with Gasteiger partial charge in [-0.05, 0) is 48.5 Å². The van der Waals surface area contributed by atoms with Crippen LogP contribution in [0.5, 0.6) is 11.5 Å².